The molecule has 0 aliphatic carbocycles. The number of rotatable bonds is 50. The molecule has 0 saturated carbocycles. The summed E-state index contributed by atoms with van der Waals surface area (Å²) in [5.41, 5.74) is 0. The van der Waals surface area contributed by atoms with E-state index >= 15 is 0 Å². The second-order valence-electron chi connectivity index (χ2n) is 18.5. The minimum atomic E-state index is -0.785. The molecule has 6 nitrogen and oxygen atoms in total. The molecule has 0 aromatic heterocycles. The molecule has 0 aliphatic rings. The predicted octanol–water partition coefficient (Wildman–Crippen LogP) is 18.3. The van der Waals surface area contributed by atoms with Crippen molar-refractivity contribution in [2.45, 2.75) is 290 Å². The van der Waals surface area contributed by atoms with Crippen LogP contribution in [0.5, 0.6) is 0 Å². The van der Waals surface area contributed by atoms with Crippen molar-refractivity contribution in [3.63, 3.8) is 0 Å². The Labute approximate surface area is 397 Å². The molecule has 0 aliphatic heterocycles. The fraction of sp³-hybridized carbons (Fsp3) is 0.810. The van der Waals surface area contributed by atoms with Crippen molar-refractivity contribution in [2.24, 2.45) is 0 Å². The molecule has 0 spiro atoms. The van der Waals surface area contributed by atoms with Gasteiger partial charge < -0.3 is 14.2 Å². The van der Waals surface area contributed by atoms with E-state index in [2.05, 4.69) is 69.4 Å². The third kappa shape index (κ3) is 50.4. The Balaban J connectivity index is 4.34. The largest absolute Gasteiger partial charge is 0.462 e. The lowest BCUT2D eigenvalue weighted by Crippen LogP contribution is -2.30. The highest BCUT2D eigenvalue weighted by molar-refractivity contribution is 5.71. The summed E-state index contributed by atoms with van der Waals surface area (Å²) in [5.74, 6) is -0.901. The fourth-order valence-electron chi connectivity index (χ4n) is 7.96. The Morgan fingerprint density at radius 2 is 0.609 bits per heavy atom. The van der Waals surface area contributed by atoms with Crippen LogP contribution < -0.4 is 0 Å². The monoisotopic (exact) mass is 897 g/mol. The van der Waals surface area contributed by atoms with Gasteiger partial charge in [0.25, 0.3) is 0 Å². The van der Waals surface area contributed by atoms with Crippen LogP contribution in [0.1, 0.15) is 284 Å². The van der Waals surface area contributed by atoms with Crippen molar-refractivity contribution in [3.8, 4) is 0 Å². The van der Waals surface area contributed by atoms with Crippen molar-refractivity contribution in [2.75, 3.05) is 13.2 Å². The Morgan fingerprint density at radius 3 is 0.953 bits per heavy atom. The van der Waals surface area contributed by atoms with Gasteiger partial charge in [-0.25, -0.2) is 0 Å². The molecular weight excluding hydrogens is 793 g/mol. The summed E-state index contributed by atoms with van der Waals surface area (Å²) < 4.78 is 16.8. The van der Waals surface area contributed by atoms with Crippen molar-refractivity contribution < 1.29 is 28.6 Å². The third-order valence-corrected chi connectivity index (χ3v) is 12.1. The van der Waals surface area contributed by atoms with Gasteiger partial charge in [0.15, 0.2) is 6.10 Å². The van der Waals surface area contributed by atoms with Crippen molar-refractivity contribution in [1.29, 1.82) is 0 Å². The summed E-state index contributed by atoms with van der Waals surface area (Å²) in [5, 5.41) is 0. The molecule has 0 bridgehead atoms. The van der Waals surface area contributed by atoms with Crippen LogP contribution in [0.3, 0.4) is 0 Å². The van der Waals surface area contributed by atoms with E-state index in [0.29, 0.717) is 19.3 Å². The molecule has 1 atom stereocenters. The van der Waals surface area contributed by atoms with Gasteiger partial charge in [-0.3, -0.25) is 14.4 Å². The summed E-state index contributed by atoms with van der Waals surface area (Å²) in [6.07, 6.45) is 63.9. The van der Waals surface area contributed by atoms with E-state index in [4.69, 9.17) is 14.2 Å². The van der Waals surface area contributed by atoms with Gasteiger partial charge in [-0.1, -0.05) is 256 Å². The van der Waals surface area contributed by atoms with Gasteiger partial charge in [-0.05, 0) is 57.8 Å². The third-order valence-electron chi connectivity index (χ3n) is 12.1. The van der Waals surface area contributed by atoms with Gasteiger partial charge in [0, 0.05) is 19.3 Å². The van der Waals surface area contributed by atoms with Crippen LogP contribution in [-0.2, 0) is 28.6 Å². The first-order chi connectivity index (χ1) is 31.5. The topological polar surface area (TPSA) is 78.9 Å². The van der Waals surface area contributed by atoms with Gasteiger partial charge in [0.05, 0.1) is 0 Å². The van der Waals surface area contributed by atoms with E-state index in [9.17, 15) is 14.4 Å². The van der Waals surface area contributed by atoms with E-state index < -0.39 is 6.10 Å². The van der Waals surface area contributed by atoms with E-state index in [1.807, 2.05) is 0 Å². The zero-order chi connectivity index (χ0) is 46.5. The lowest BCUT2D eigenvalue weighted by molar-refractivity contribution is -0.167. The Bertz CT molecular complexity index is 1120. The summed E-state index contributed by atoms with van der Waals surface area (Å²) in [4.78, 5) is 38.0. The molecular formula is C58H104O6. The molecule has 0 fully saturated rings. The molecule has 372 valence electrons. The number of esters is 3. The molecule has 6 heteroatoms. The average Bonchev–Trinajstić information content (AvgIpc) is 3.29. The molecule has 0 aromatic carbocycles. The van der Waals surface area contributed by atoms with Gasteiger partial charge >= 0.3 is 17.9 Å². The standard InChI is InChI=1S/C58H104O6/c1-4-7-10-13-16-19-22-24-26-28-29-30-32-33-36-39-42-45-48-51-57(60)63-54-55(53-62-56(59)50-47-44-41-38-35-21-18-15-12-9-6-3)64-58(61)52-49-46-43-40-37-34-31-27-25-23-20-17-14-11-8-5-2/h8,11,17,20,25,27,34,37,55H,4-7,9-10,12-16,18-19,21-24,26,28-33,35-36,38-54H2,1-3H3/b11-8-,20-17-,27-25-,37-34-. The molecule has 0 N–H and O–H groups in total. The van der Waals surface area contributed by atoms with Crippen molar-refractivity contribution in [1.82, 2.24) is 0 Å². The lowest BCUT2D eigenvalue weighted by Gasteiger charge is -2.18. The maximum Gasteiger partial charge on any atom is 0.306 e. The van der Waals surface area contributed by atoms with Crippen LogP contribution in [0.2, 0.25) is 0 Å². The fourth-order valence-corrected chi connectivity index (χ4v) is 7.96. The van der Waals surface area contributed by atoms with Crippen LogP contribution in [0.4, 0.5) is 0 Å². The molecule has 0 heterocycles. The van der Waals surface area contributed by atoms with Gasteiger partial charge in [0.2, 0.25) is 0 Å². The second kappa shape index (κ2) is 53.0. The van der Waals surface area contributed by atoms with Crippen molar-refractivity contribution in [3.05, 3.63) is 48.6 Å². The number of hydrogen-bond acceptors (Lipinski definition) is 6. The smallest absolute Gasteiger partial charge is 0.306 e. The lowest BCUT2D eigenvalue weighted by atomic mass is 10.0. The SMILES string of the molecule is CC/C=C\C/C=C\C/C=C\C/C=C\CCCCCC(=O)OC(COC(=O)CCCCCCCCCCCCC)COC(=O)CCCCCCCCCCCCCCCCCCCCC. The van der Waals surface area contributed by atoms with Crippen LogP contribution in [0, 0.1) is 0 Å². The predicted molar refractivity (Wildman–Crippen MR) is 275 cm³/mol. The number of ether oxygens (including phenoxy) is 3. The van der Waals surface area contributed by atoms with Crippen LogP contribution in [0.25, 0.3) is 0 Å². The summed E-state index contributed by atoms with van der Waals surface area (Å²) >= 11 is 0. The number of allylic oxidation sites excluding steroid dienone is 8. The first-order valence-electron chi connectivity index (χ1n) is 27.6. The minimum absolute atomic E-state index is 0.0821. The highest BCUT2D eigenvalue weighted by Crippen LogP contribution is 2.16. The van der Waals surface area contributed by atoms with E-state index in [1.165, 1.54) is 154 Å². The van der Waals surface area contributed by atoms with E-state index in [-0.39, 0.29) is 31.1 Å². The number of hydrogen-bond donors (Lipinski definition) is 0. The van der Waals surface area contributed by atoms with E-state index in [1.54, 1.807) is 0 Å². The van der Waals surface area contributed by atoms with Crippen LogP contribution >= 0.6 is 0 Å². The maximum absolute atomic E-state index is 12.8. The Morgan fingerprint density at radius 1 is 0.328 bits per heavy atom. The summed E-state index contributed by atoms with van der Waals surface area (Å²) in [6.45, 7) is 6.52. The quantitative estimate of drug-likeness (QED) is 0.0262. The highest BCUT2D eigenvalue weighted by Gasteiger charge is 2.19. The molecule has 64 heavy (non-hydrogen) atoms. The molecule has 1 unspecified atom stereocenters. The van der Waals surface area contributed by atoms with Crippen molar-refractivity contribution >= 4 is 17.9 Å². The molecule has 0 saturated heterocycles. The number of carbonyl (C=O) groups is 3. The molecule has 0 aromatic rings. The Kier molecular flexibility index (Phi) is 50.8. The summed E-state index contributed by atoms with van der Waals surface area (Å²) in [6, 6.07) is 0. The van der Waals surface area contributed by atoms with E-state index in [0.717, 1.165) is 89.9 Å². The molecule has 0 radical (unpaired) electrons. The zero-order valence-corrected chi connectivity index (χ0v) is 42.6. The average molecular weight is 897 g/mol. The Hall–Kier alpha value is -2.63. The summed E-state index contributed by atoms with van der Waals surface area (Å²) in [7, 11) is 0. The molecule has 0 rings (SSSR count). The maximum atomic E-state index is 12.8. The highest BCUT2D eigenvalue weighted by atomic mass is 16.6. The van der Waals surface area contributed by atoms with Gasteiger partial charge in [-0.15, -0.1) is 0 Å². The molecule has 0 amide bonds. The van der Waals surface area contributed by atoms with Gasteiger partial charge in [0.1, 0.15) is 13.2 Å². The zero-order valence-electron chi connectivity index (χ0n) is 42.6. The van der Waals surface area contributed by atoms with Crippen LogP contribution in [0.15, 0.2) is 48.6 Å². The normalized spacial score (nSPS) is 12.4. The number of unbranched alkanes of at least 4 members (excludes halogenated alkanes) is 31. The van der Waals surface area contributed by atoms with Gasteiger partial charge in [-0.2, -0.15) is 0 Å². The van der Waals surface area contributed by atoms with Crippen LogP contribution in [-0.4, -0.2) is 37.2 Å². The first-order valence-corrected chi connectivity index (χ1v) is 27.6. The minimum Gasteiger partial charge on any atom is -0.462 e. The first kappa shape index (κ1) is 61.4. The second-order valence-corrected chi connectivity index (χ2v) is 18.5. The number of carbonyl (C=O) groups excluding carboxylic acids is 3.